The van der Waals surface area contributed by atoms with Crippen LogP contribution >= 0.6 is 11.6 Å². The lowest BCUT2D eigenvalue weighted by Gasteiger charge is -2.09. The molecule has 1 heterocycles. The quantitative estimate of drug-likeness (QED) is 0.719. The van der Waals surface area contributed by atoms with E-state index in [9.17, 15) is 4.79 Å². The fraction of sp³-hybridized carbons (Fsp3) is 0.158. The molecule has 1 amide bonds. The van der Waals surface area contributed by atoms with Gasteiger partial charge in [0.2, 0.25) is 5.91 Å². The molecule has 5 nitrogen and oxygen atoms in total. The average Bonchev–Trinajstić information content (AvgIpc) is 2.97. The van der Waals surface area contributed by atoms with Crippen molar-refractivity contribution in [2.24, 2.45) is 0 Å². The first-order valence-corrected chi connectivity index (χ1v) is 8.30. The van der Waals surface area contributed by atoms with Crippen molar-refractivity contribution < 1.29 is 9.53 Å². The Kier molecular flexibility index (Phi) is 5.36. The molecule has 0 unspecified atom stereocenters. The third-order valence-electron chi connectivity index (χ3n) is 3.51. The van der Waals surface area contributed by atoms with Crippen molar-refractivity contribution >= 4 is 23.3 Å². The van der Waals surface area contributed by atoms with E-state index in [1.54, 1.807) is 28.9 Å². The Hall–Kier alpha value is -2.79. The standard InChI is InChI=1S/C19H18ClN3O2/c1-14-13-18(23(22-14)16-5-3-2-4-6-16)21-19(24)11-12-25-17-9-7-15(20)8-10-17/h2-10,13H,11-12H2,1H3,(H,21,24). The zero-order valence-electron chi connectivity index (χ0n) is 13.8. The number of aromatic nitrogens is 2. The number of carbonyl (C=O) groups excluding carboxylic acids is 1. The third-order valence-corrected chi connectivity index (χ3v) is 3.76. The van der Waals surface area contributed by atoms with Crippen molar-refractivity contribution in [3.8, 4) is 11.4 Å². The SMILES string of the molecule is Cc1cc(NC(=O)CCOc2ccc(Cl)cc2)n(-c2ccccc2)n1. The number of ether oxygens (including phenoxy) is 1. The first-order chi connectivity index (χ1) is 12.1. The number of halogens is 1. The molecule has 128 valence electrons. The Labute approximate surface area is 151 Å². The van der Waals surface area contributed by atoms with Gasteiger partial charge in [0.25, 0.3) is 0 Å². The van der Waals surface area contributed by atoms with E-state index in [0.717, 1.165) is 11.4 Å². The Morgan fingerprint density at radius 3 is 2.60 bits per heavy atom. The van der Waals surface area contributed by atoms with Crippen LogP contribution in [0.25, 0.3) is 5.69 Å². The molecule has 0 aliphatic heterocycles. The lowest BCUT2D eigenvalue weighted by Crippen LogP contribution is -2.17. The van der Waals surface area contributed by atoms with Crippen molar-refractivity contribution in [1.82, 2.24) is 9.78 Å². The van der Waals surface area contributed by atoms with Gasteiger partial charge in [-0.15, -0.1) is 0 Å². The van der Waals surface area contributed by atoms with Gasteiger partial charge in [0.15, 0.2) is 0 Å². The van der Waals surface area contributed by atoms with Gasteiger partial charge in [0, 0.05) is 11.1 Å². The van der Waals surface area contributed by atoms with Gasteiger partial charge in [-0.3, -0.25) is 4.79 Å². The molecule has 3 aromatic rings. The number of rotatable bonds is 6. The molecule has 1 aromatic heterocycles. The van der Waals surface area contributed by atoms with Crippen molar-refractivity contribution in [3.05, 3.63) is 71.4 Å². The van der Waals surface area contributed by atoms with E-state index < -0.39 is 0 Å². The molecule has 0 bridgehead atoms. The number of anilines is 1. The molecule has 2 aromatic carbocycles. The smallest absolute Gasteiger partial charge is 0.228 e. The fourth-order valence-corrected chi connectivity index (χ4v) is 2.48. The summed E-state index contributed by atoms with van der Waals surface area (Å²) >= 11 is 5.83. The largest absolute Gasteiger partial charge is 0.493 e. The van der Waals surface area contributed by atoms with E-state index in [4.69, 9.17) is 16.3 Å². The van der Waals surface area contributed by atoms with Crippen LogP contribution < -0.4 is 10.1 Å². The van der Waals surface area contributed by atoms with Crippen LogP contribution in [0.4, 0.5) is 5.82 Å². The number of para-hydroxylation sites is 1. The van der Waals surface area contributed by atoms with Gasteiger partial charge >= 0.3 is 0 Å². The highest BCUT2D eigenvalue weighted by molar-refractivity contribution is 6.30. The van der Waals surface area contributed by atoms with Crippen LogP contribution in [0.2, 0.25) is 5.02 Å². The Morgan fingerprint density at radius 2 is 1.88 bits per heavy atom. The average molecular weight is 356 g/mol. The first kappa shape index (κ1) is 17.0. The van der Waals surface area contributed by atoms with Crippen LogP contribution in [0.15, 0.2) is 60.7 Å². The molecule has 6 heteroatoms. The monoisotopic (exact) mass is 355 g/mol. The second-order valence-corrected chi connectivity index (χ2v) is 5.96. The van der Waals surface area contributed by atoms with Crippen molar-refractivity contribution in [3.63, 3.8) is 0 Å². The number of benzene rings is 2. The van der Waals surface area contributed by atoms with Crippen molar-refractivity contribution in [1.29, 1.82) is 0 Å². The summed E-state index contributed by atoms with van der Waals surface area (Å²) < 4.78 is 7.26. The summed E-state index contributed by atoms with van der Waals surface area (Å²) in [7, 11) is 0. The van der Waals surface area contributed by atoms with E-state index in [-0.39, 0.29) is 18.9 Å². The molecule has 0 fully saturated rings. The Balaban J connectivity index is 1.59. The third kappa shape index (κ3) is 4.61. The van der Waals surface area contributed by atoms with Crippen LogP contribution in [0.3, 0.4) is 0 Å². The van der Waals surface area contributed by atoms with Crippen molar-refractivity contribution in [2.45, 2.75) is 13.3 Å². The number of nitrogens with zero attached hydrogens (tertiary/aromatic N) is 2. The van der Waals surface area contributed by atoms with Crippen LogP contribution in [0.1, 0.15) is 12.1 Å². The lowest BCUT2D eigenvalue weighted by molar-refractivity contribution is -0.116. The summed E-state index contributed by atoms with van der Waals surface area (Å²) in [5, 5.41) is 7.96. The van der Waals surface area contributed by atoms with Gasteiger partial charge in [0.05, 0.1) is 24.4 Å². The van der Waals surface area contributed by atoms with Gasteiger partial charge in [-0.25, -0.2) is 4.68 Å². The second kappa shape index (κ2) is 7.85. The van der Waals surface area contributed by atoms with Gasteiger partial charge in [-0.05, 0) is 43.3 Å². The minimum absolute atomic E-state index is 0.133. The molecule has 0 aliphatic rings. The molecule has 0 saturated carbocycles. The van der Waals surface area contributed by atoms with Crippen LogP contribution in [0, 0.1) is 6.92 Å². The summed E-state index contributed by atoms with van der Waals surface area (Å²) in [5.41, 5.74) is 1.72. The number of aryl methyl sites for hydroxylation is 1. The van der Waals surface area contributed by atoms with Gasteiger partial charge in [-0.2, -0.15) is 5.10 Å². The molecule has 0 spiro atoms. The topological polar surface area (TPSA) is 56.1 Å². The highest BCUT2D eigenvalue weighted by Crippen LogP contribution is 2.18. The lowest BCUT2D eigenvalue weighted by atomic mass is 10.3. The summed E-state index contributed by atoms with van der Waals surface area (Å²) in [6.45, 7) is 2.17. The zero-order chi connectivity index (χ0) is 17.6. The summed E-state index contributed by atoms with van der Waals surface area (Å²) in [4.78, 5) is 12.2. The summed E-state index contributed by atoms with van der Waals surface area (Å²) in [6, 6.07) is 18.5. The second-order valence-electron chi connectivity index (χ2n) is 5.52. The minimum Gasteiger partial charge on any atom is -0.493 e. The number of hydrogen-bond donors (Lipinski definition) is 1. The van der Waals surface area contributed by atoms with Gasteiger partial charge < -0.3 is 10.1 Å². The number of hydrogen-bond acceptors (Lipinski definition) is 3. The van der Waals surface area contributed by atoms with Crippen LogP contribution in [-0.2, 0) is 4.79 Å². The fourth-order valence-electron chi connectivity index (χ4n) is 2.35. The number of nitrogens with one attached hydrogen (secondary N) is 1. The zero-order valence-corrected chi connectivity index (χ0v) is 14.5. The Morgan fingerprint density at radius 1 is 1.16 bits per heavy atom. The summed E-state index contributed by atoms with van der Waals surface area (Å²) in [6.07, 6.45) is 0.238. The molecule has 1 N–H and O–H groups in total. The number of amides is 1. The minimum atomic E-state index is -0.133. The molecule has 0 atom stereocenters. The molecular formula is C19H18ClN3O2. The van der Waals surface area contributed by atoms with Crippen LogP contribution in [0.5, 0.6) is 5.75 Å². The van der Waals surface area contributed by atoms with Gasteiger partial charge in [0.1, 0.15) is 11.6 Å². The molecule has 0 saturated heterocycles. The Bertz CT molecular complexity index is 845. The molecule has 25 heavy (non-hydrogen) atoms. The highest BCUT2D eigenvalue weighted by atomic mass is 35.5. The molecule has 0 radical (unpaired) electrons. The maximum absolute atomic E-state index is 12.2. The molecule has 0 aliphatic carbocycles. The van der Waals surface area contributed by atoms with E-state index in [1.807, 2.05) is 43.3 Å². The van der Waals surface area contributed by atoms with Crippen LogP contribution in [-0.4, -0.2) is 22.3 Å². The molecule has 3 rings (SSSR count). The van der Waals surface area contributed by atoms with E-state index >= 15 is 0 Å². The van der Waals surface area contributed by atoms with E-state index in [2.05, 4.69) is 10.4 Å². The highest BCUT2D eigenvalue weighted by Gasteiger charge is 2.11. The van der Waals surface area contributed by atoms with E-state index in [0.29, 0.717) is 16.6 Å². The van der Waals surface area contributed by atoms with Crippen molar-refractivity contribution in [2.75, 3.05) is 11.9 Å². The number of carbonyl (C=O) groups is 1. The predicted octanol–water partition coefficient (Wildman–Crippen LogP) is 4.24. The van der Waals surface area contributed by atoms with E-state index in [1.165, 1.54) is 0 Å². The molecular weight excluding hydrogens is 338 g/mol. The maximum atomic E-state index is 12.2. The normalized spacial score (nSPS) is 10.5. The summed E-state index contributed by atoms with van der Waals surface area (Å²) in [5.74, 6) is 1.19. The van der Waals surface area contributed by atoms with Gasteiger partial charge in [-0.1, -0.05) is 29.8 Å². The first-order valence-electron chi connectivity index (χ1n) is 7.92. The predicted molar refractivity (Wildman–Crippen MR) is 98.5 cm³/mol. The maximum Gasteiger partial charge on any atom is 0.228 e.